The van der Waals surface area contributed by atoms with Crippen molar-refractivity contribution < 1.29 is 14.0 Å². The fourth-order valence-corrected chi connectivity index (χ4v) is 4.92. The standard InChI is InChI=1S/C24H27Cl2FN2O2S/c1-16(24(31)28-20-4-2-3-5-20)29(13-18-8-11-21(25)22(26)12-18)23(30)15-32-14-17-6-9-19(27)10-7-17/h6-12,16,20H,2-5,13-15H2,1H3,(H,28,31)/t16-/m0/s1. The molecule has 1 atom stereocenters. The Hall–Kier alpha value is -1.76. The molecule has 2 amide bonds. The van der Waals surface area contributed by atoms with Gasteiger partial charge in [-0.25, -0.2) is 4.39 Å². The molecule has 0 heterocycles. The summed E-state index contributed by atoms with van der Waals surface area (Å²) in [4.78, 5) is 27.6. The average Bonchev–Trinajstić information content (AvgIpc) is 3.28. The Morgan fingerprint density at radius 3 is 2.41 bits per heavy atom. The quantitative estimate of drug-likeness (QED) is 0.474. The summed E-state index contributed by atoms with van der Waals surface area (Å²) in [5.41, 5.74) is 1.74. The summed E-state index contributed by atoms with van der Waals surface area (Å²) in [6, 6.07) is 11.0. The molecule has 0 unspecified atom stereocenters. The Morgan fingerprint density at radius 1 is 1.09 bits per heavy atom. The minimum absolute atomic E-state index is 0.141. The number of nitrogens with one attached hydrogen (secondary N) is 1. The van der Waals surface area contributed by atoms with E-state index in [1.165, 1.54) is 23.9 Å². The van der Waals surface area contributed by atoms with Gasteiger partial charge in [0, 0.05) is 18.3 Å². The van der Waals surface area contributed by atoms with Crippen molar-refractivity contribution >= 4 is 46.8 Å². The molecule has 3 rings (SSSR count). The van der Waals surface area contributed by atoms with Gasteiger partial charge in [-0.05, 0) is 55.2 Å². The second-order valence-corrected chi connectivity index (χ2v) is 9.86. The van der Waals surface area contributed by atoms with Gasteiger partial charge in [0.15, 0.2) is 0 Å². The van der Waals surface area contributed by atoms with Crippen molar-refractivity contribution in [2.24, 2.45) is 0 Å². The highest BCUT2D eigenvalue weighted by molar-refractivity contribution is 7.99. The first kappa shape index (κ1) is 24.9. The van der Waals surface area contributed by atoms with Crippen LogP contribution in [0.3, 0.4) is 0 Å². The second-order valence-electron chi connectivity index (χ2n) is 8.06. The highest BCUT2D eigenvalue weighted by Crippen LogP contribution is 2.24. The molecule has 1 fully saturated rings. The van der Waals surface area contributed by atoms with E-state index in [4.69, 9.17) is 23.2 Å². The normalized spacial score (nSPS) is 14.9. The number of benzene rings is 2. The van der Waals surface area contributed by atoms with Gasteiger partial charge in [-0.1, -0.05) is 54.2 Å². The number of carbonyl (C=O) groups excluding carboxylic acids is 2. The van der Waals surface area contributed by atoms with Crippen molar-refractivity contribution in [2.45, 2.75) is 57.0 Å². The molecule has 0 aromatic heterocycles. The Labute approximate surface area is 202 Å². The van der Waals surface area contributed by atoms with Gasteiger partial charge in [-0.3, -0.25) is 9.59 Å². The number of carbonyl (C=O) groups is 2. The zero-order valence-electron chi connectivity index (χ0n) is 18.0. The van der Waals surface area contributed by atoms with E-state index in [9.17, 15) is 14.0 Å². The van der Waals surface area contributed by atoms with Gasteiger partial charge in [0.2, 0.25) is 11.8 Å². The van der Waals surface area contributed by atoms with E-state index in [2.05, 4.69) is 5.32 Å². The van der Waals surface area contributed by atoms with E-state index in [1.54, 1.807) is 36.1 Å². The molecular formula is C24H27Cl2FN2O2S. The lowest BCUT2D eigenvalue weighted by Crippen LogP contribution is -2.50. The van der Waals surface area contributed by atoms with Crippen LogP contribution in [0.2, 0.25) is 10.0 Å². The van der Waals surface area contributed by atoms with E-state index in [1.807, 2.05) is 6.07 Å². The molecule has 8 heteroatoms. The maximum atomic E-state index is 13.1. The molecule has 0 radical (unpaired) electrons. The molecule has 0 saturated heterocycles. The van der Waals surface area contributed by atoms with Gasteiger partial charge < -0.3 is 10.2 Å². The lowest BCUT2D eigenvalue weighted by molar-refractivity contribution is -0.138. The van der Waals surface area contributed by atoms with Crippen LogP contribution in [-0.4, -0.2) is 34.6 Å². The van der Waals surface area contributed by atoms with Crippen molar-refractivity contribution in [3.8, 4) is 0 Å². The SMILES string of the molecule is C[C@@H](C(=O)NC1CCCC1)N(Cc1ccc(Cl)c(Cl)c1)C(=O)CSCc1ccc(F)cc1. The van der Waals surface area contributed by atoms with Crippen molar-refractivity contribution in [3.05, 3.63) is 69.5 Å². The Morgan fingerprint density at radius 2 is 1.75 bits per heavy atom. The largest absolute Gasteiger partial charge is 0.352 e. The molecule has 1 saturated carbocycles. The predicted octanol–water partition coefficient (Wildman–Crippen LogP) is 5.84. The van der Waals surface area contributed by atoms with Crippen molar-refractivity contribution in [1.29, 1.82) is 0 Å². The molecule has 0 spiro atoms. The smallest absolute Gasteiger partial charge is 0.242 e. The summed E-state index contributed by atoms with van der Waals surface area (Å²) < 4.78 is 13.1. The molecule has 1 aliphatic carbocycles. The van der Waals surface area contributed by atoms with Crippen LogP contribution >= 0.6 is 35.0 Å². The van der Waals surface area contributed by atoms with Crippen LogP contribution in [0.25, 0.3) is 0 Å². The lowest BCUT2D eigenvalue weighted by atomic mass is 10.1. The average molecular weight is 497 g/mol. The van der Waals surface area contributed by atoms with E-state index < -0.39 is 6.04 Å². The van der Waals surface area contributed by atoms with Gasteiger partial charge in [0.05, 0.1) is 15.8 Å². The molecule has 1 aliphatic rings. The van der Waals surface area contributed by atoms with Gasteiger partial charge in [-0.15, -0.1) is 11.8 Å². The van der Waals surface area contributed by atoms with Crippen LogP contribution in [0.15, 0.2) is 42.5 Å². The highest BCUT2D eigenvalue weighted by Gasteiger charge is 2.28. The monoisotopic (exact) mass is 496 g/mol. The highest BCUT2D eigenvalue weighted by atomic mass is 35.5. The van der Waals surface area contributed by atoms with Crippen LogP contribution < -0.4 is 5.32 Å². The number of halogens is 3. The molecule has 2 aromatic carbocycles. The summed E-state index contributed by atoms with van der Waals surface area (Å²) in [5, 5.41) is 3.93. The summed E-state index contributed by atoms with van der Waals surface area (Å²) in [5.74, 6) is 0.213. The summed E-state index contributed by atoms with van der Waals surface area (Å²) in [7, 11) is 0. The Balaban J connectivity index is 1.67. The molecule has 172 valence electrons. The fraction of sp³-hybridized carbons (Fsp3) is 0.417. The Bertz CT molecular complexity index is 936. The molecule has 0 bridgehead atoms. The number of amides is 2. The molecule has 2 aromatic rings. The van der Waals surface area contributed by atoms with E-state index in [0.29, 0.717) is 15.8 Å². The van der Waals surface area contributed by atoms with Crippen molar-refractivity contribution in [2.75, 3.05) is 5.75 Å². The summed E-state index contributed by atoms with van der Waals surface area (Å²) >= 11 is 13.6. The number of hydrogen-bond acceptors (Lipinski definition) is 3. The zero-order chi connectivity index (χ0) is 23.1. The molecular weight excluding hydrogens is 470 g/mol. The first-order valence-electron chi connectivity index (χ1n) is 10.7. The topological polar surface area (TPSA) is 49.4 Å². The summed E-state index contributed by atoms with van der Waals surface area (Å²) in [6.07, 6.45) is 4.19. The number of rotatable bonds is 9. The first-order valence-corrected chi connectivity index (χ1v) is 12.6. The van der Waals surface area contributed by atoms with Crippen LogP contribution in [0, 0.1) is 5.82 Å². The van der Waals surface area contributed by atoms with Gasteiger partial charge in [0.1, 0.15) is 11.9 Å². The number of hydrogen-bond donors (Lipinski definition) is 1. The summed E-state index contributed by atoms with van der Waals surface area (Å²) in [6.45, 7) is 2.01. The predicted molar refractivity (Wildman–Crippen MR) is 129 cm³/mol. The maximum Gasteiger partial charge on any atom is 0.242 e. The van der Waals surface area contributed by atoms with Gasteiger partial charge >= 0.3 is 0 Å². The van der Waals surface area contributed by atoms with Crippen molar-refractivity contribution in [3.63, 3.8) is 0 Å². The van der Waals surface area contributed by atoms with Crippen LogP contribution in [0.4, 0.5) is 4.39 Å². The molecule has 4 nitrogen and oxygen atoms in total. The molecule has 0 aliphatic heterocycles. The first-order chi connectivity index (χ1) is 15.3. The number of thioether (sulfide) groups is 1. The third kappa shape index (κ3) is 7.12. The zero-order valence-corrected chi connectivity index (χ0v) is 20.3. The third-order valence-corrected chi connectivity index (χ3v) is 7.34. The number of nitrogens with zero attached hydrogens (tertiary/aromatic N) is 1. The van der Waals surface area contributed by atoms with Crippen LogP contribution in [0.1, 0.15) is 43.7 Å². The maximum absolute atomic E-state index is 13.1. The lowest BCUT2D eigenvalue weighted by Gasteiger charge is -2.30. The van der Waals surface area contributed by atoms with Crippen LogP contribution in [0.5, 0.6) is 0 Å². The van der Waals surface area contributed by atoms with Gasteiger partial charge in [-0.2, -0.15) is 0 Å². The van der Waals surface area contributed by atoms with Crippen molar-refractivity contribution in [1.82, 2.24) is 10.2 Å². The minimum atomic E-state index is -0.621. The van der Waals surface area contributed by atoms with E-state index in [-0.39, 0.29) is 36.0 Å². The minimum Gasteiger partial charge on any atom is -0.352 e. The second kappa shape index (κ2) is 11.9. The fourth-order valence-electron chi connectivity index (χ4n) is 3.73. The van der Waals surface area contributed by atoms with Gasteiger partial charge in [0.25, 0.3) is 0 Å². The Kier molecular flexibility index (Phi) is 9.26. The molecule has 1 N–H and O–H groups in total. The molecule has 32 heavy (non-hydrogen) atoms. The van der Waals surface area contributed by atoms with E-state index in [0.717, 1.165) is 36.8 Å². The van der Waals surface area contributed by atoms with E-state index >= 15 is 0 Å². The van der Waals surface area contributed by atoms with Crippen LogP contribution in [-0.2, 0) is 21.9 Å². The third-order valence-electron chi connectivity index (χ3n) is 5.61.